The average Bonchev–Trinajstić information content (AvgIpc) is 2.72. The van der Waals surface area contributed by atoms with Crippen LogP contribution in [0, 0.1) is 0 Å². The highest BCUT2D eigenvalue weighted by atomic mass is 16.1. The maximum Gasteiger partial charge on any atom is 0.269 e. The first kappa shape index (κ1) is 20.3. The molecule has 1 aliphatic heterocycles. The number of benzene rings is 1. The van der Waals surface area contributed by atoms with Crippen LogP contribution in [0.15, 0.2) is 48.7 Å². The van der Waals surface area contributed by atoms with Gasteiger partial charge in [-0.05, 0) is 44.8 Å². The molecule has 2 heterocycles. The molecule has 1 saturated heterocycles. The normalized spacial score (nSPS) is 15.0. The van der Waals surface area contributed by atoms with E-state index in [1.807, 2.05) is 26.2 Å². The van der Waals surface area contributed by atoms with Gasteiger partial charge in [0.2, 0.25) is 0 Å². The maximum absolute atomic E-state index is 12.4. The zero-order valence-corrected chi connectivity index (χ0v) is 17.0. The minimum atomic E-state index is -0.0941. The third-order valence-electron chi connectivity index (χ3n) is 5.03. The molecular weight excluding hydrogens is 350 g/mol. The second-order valence-corrected chi connectivity index (χ2v) is 7.56. The molecule has 28 heavy (non-hydrogen) atoms. The lowest BCUT2D eigenvalue weighted by molar-refractivity contribution is 0.0947. The molecule has 1 N–H and O–H groups in total. The lowest BCUT2D eigenvalue weighted by Gasteiger charge is -2.36. The molecule has 0 spiro atoms. The molecule has 1 aromatic carbocycles. The van der Waals surface area contributed by atoms with Crippen LogP contribution in [0.5, 0.6) is 0 Å². The van der Waals surface area contributed by atoms with Gasteiger partial charge in [-0.2, -0.15) is 0 Å². The number of hydrogen-bond acceptors (Lipinski definition) is 5. The molecule has 6 heteroatoms. The van der Waals surface area contributed by atoms with E-state index in [0.29, 0.717) is 12.2 Å². The minimum Gasteiger partial charge on any atom is -0.369 e. The fourth-order valence-electron chi connectivity index (χ4n) is 3.43. The number of aromatic nitrogens is 1. The third-order valence-corrected chi connectivity index (χ3v) is 5.03. The number of nitrogens with zero attached hydrogens (tertiary/aromatic N) is 4. The molecule has 2 aromatic rings. The highest BCUT2D eigenvalue weighted by Gasteiger charge is 2.18. The van der Waals surface area contributed by atoms with Gasteiger partial charge < -0.3 is 15.1 Å². The Bertz CT molecular complexity index is 742. The van der Waals surface area contributed by atoms with Crippen molar-refractivity contribution in [1.29, 1.82) is 0 Å². The van der Waals surface area contributed by atoms with Gasteiger partial charge in [0.25, 0.3) is 5.91 Å². The van der Waals surface area contributed by atoms with Crippen LogP contribution in [0.1, 0.15) is 22.5 Å². The van der Waals surface area contributed by atoms with Crippen LogP contribution < -0.4 is 10.2 Å². The molecule has 0 aliphatic carbocycles. The third kappa shape index (κ3) is 6.04. The standard InChI is InChI=1S/C22H31N5O/c1-25(2)12-6-10-24-22(28)21-17-20(9-11-23-21)27-15-13-26(14-16-27)18-19-7-4-3-5-8-19/h3-5,7-9,11,17H,6,10,12-16,18H2,1-2H3,(H,24,28). The summed E-state index contributed by atoms with van der Waals surface area (Å²) in [6, 6.07) is 14.5. The number of piperazine rings is 1. The molecule has 0 atom stereocenters. The van der Waals surface area contributed by atoms with E-state index in [-0.39, 0.29) is 5.91 Å². The van der Waals surface area contributed by atoms with Crippen molar-refractivity contribution in [1.82, 2.24) is 20.1 Å². The van der Waals surface area contributed by atoms with Gasteiger partial charge in [0.1, 0.15) is 5.69 Å². The number of anilines is 1. The van der Waals surface area contributed by atoms with Crippen LogP contribution in [0.3, 0.4) is 0 Å². The Morgan fingerprint density at radius 3 is 2.57 bits per heavy atom. The molecule has 6 nitrogen and oxygen atoms in total. The number of amides is 1. The Hall–Kier alpha value is -2.44. The van der Waals surface area contributed by atoms with Gasteiger partial charge in [-0.1, -0.05) is 30.3 Å². The maximum atomic E-state index is 12.4. The van der Waals surface area contributed by atoms with E-state index in [0.717, 1.165) is 51.4 Å². The Labute approximate surface area is 168 Å². The van der Waals surface area contributed by atoms with E-state index < -0.39 is 0 Å². The van der Waals surface area contributed by atoms with Gasteiger partial charge in [0.15, 0.2) is 0 Å². The van der Waals surface area contributed by atoms with Gasteiger partial charge >= 0.3 is 0 Å². The number of rotatable bonds is 8. The summed E-state index contributed by atoms with van der Waals surface area (Å²) in [5.41, 5.74) is 2.93. The summed E-state index contributed by atoms with van der Waals surface area (Å²) in [6.07, 6.45) is 2.67. The predicted octanol–water partition coefficient (Wildman–Crippen LogP) is 2.09. The first-order chi connectivity index (χ1) is 13.6. The summed E-state index contributed by atoms with van der Waals surface area (Å²) in [7, 11) is 4.07. The van der Waals surface area contributed by atoms with Gasteiger partial charge in [-0.3, -0.25) is 14.7 Å². The van der Waals surface area contributed by atoms with Crippen molar-refractivity contribution in [3.63, 3.8) is 0 Å². The van der Waals surface area contributed by atoms with Crippen LogP contribution in [-0.4, -0.2) is 74.1 Å². The summed E-state index contributed by atoms with van der Waals surface area (Å²) in [6.45, 7) is 6.57. The summed E-state index contributed by atoms with van der Waals surface area (Å²) >= 11 is 0. The van der Waals surface area contributed by atoms with E-state index in [1.165, 1.54) is 5.56 Å². The Morgan fingerprint density at radius 1 is 1.11 bits per heavy atom. The van der Waals surface area contributed by atoms with Crippen LogP contribution in [0.2, 0.25) is 0 Å². The molecule has 150 valence electrons. The van der Waals surface area contributed by atoms with Crippen molar-refractivity contribution in [2.75, 3.05) is 58.3 Å². The number of pyridine rings is 1. The van der Waals surface area contributed by atoms with Crippen molar-refractivity contribution in [2.24, 2.45) is 0 Å². The monoisotopic (exact) mass is 381 g/mol. The highest BCUT2D eigenvalue weighted by Crippen LogP contribution is 2.18. The van der Waals surface area contributed by atoms with Gasteiger partial charge in [-0.25, -0.2) is 0 Å². The Morgan fingerprint density at radius 2 is 1.86 bits per heavy atom. The molecule has 0 radical (unpaired) electrons. The van der Waals surface area contributed by atoms with Crippen LogP contribution >= 0.6 is 0 Å². The van der Waals surface area contributed by atoms with Crippen molar-refractivity contribution in [3.8, 4) is 0 Å². The van der Waals surface area contributed by atoms with Crippen LogP contribution in [0.4, 0.5) is 5.69 Å². The van der Waals surface area contributed by atoms with Crippen molar-refractivity contribution < 1.29 is 4.79 Å². The topological polar surface area (TPSA) is 51.7 Å². The average molecular weight is 382 g/mol. The van der Waals surface area contributed by atoms with Gasteiger partial charge in [-0.15, -0.1) is 0 Å². The fourth-order valence-corrected chi connectivity index (χ4v) is 3.43. The highest BCUT2D eigenvalue weighted by molar-refractivity contribution is 5.93. The van der Waals surface area contributed by atoms with E-state index in [2.05, 4.69) is 55.3 Å². The van der Waals surface area contributed by atoms with E-state index in [4.69, 9.17) is 0 Å². The molecule has 0 bridgehead atoms. The van der Waals surface area contributed by atoms with Gasteiger partial charge in [0.05, 0.1) is 0 Å². The number of nitrogens with one attached hydrogen (secondary N) is 1. The zero-order valence-electron chi connectivity index (χ0n) is 17.0. The largest absolute Gasteiger partial charge is 0.369 e. The molecule has 1 aromatic heterocycles. The summed E-state index contributed by atoms with van der Waals surface area (Å²) in [4.78, 5) is 23.6. The van der Waals surface area contributed by atoms with Crippen molar-refractivity contribution in [2.45, 2.75) is 13.0 Å². The molecule has 1 fully saturated rings. The SMILES string of the molecule is CN(C)CCCNC(=O)c1cc(N2CCN(Cc3ccccc3)CC2)ccn1. The molecule has 1 aliphatic rings. The quantitative estimate of drug-likeness (QED) is 0.710. The lowest BCUT2D eigenvalue weighted by atomic mass is 10.2. The van der Waals surface area contributed by atoms with Crippen molar-refractivity contribution >= 4 is 11.6 Å². The number of carbonyl (C=O) groups is 1. The minimum absolute atomic E-state index is 0.0941. The van der Waals surface area contributed by atoms with E-state index >= 15 is 0 Å². The summed E-state index contributed by atoms with van der Waals surface area (Å²) in [5.74, 6) is -0.0941. The lowest BCUT2D eigenvalue weighted by Crippen LogP contribution is -2.46. The molecule has 0 unspecified atom stereocenters. The molecule has 0 saturated carbocycles. The van der Waals surface area contributed by atoms with Crippen molar-refractivity contribution in [3.05, 3.63) is 59.9 Å². The zero-order chi connectivity index (χ0) is 19.8. The summed E-state index contributed by atoms with van der Waals surface area (Å²) in [5, 5.41) is 2.96. The van der Waals surface area contributed by atoms with Crippen LogP contribution in [0.25, 0.3) is 0 Å². The van der Waals surface area contributed by atoms with E-state index in [9.17, 15) is 4.79 Å². The first-order valence-electron chi connectivity index (χ1n) is 10.0. The first-order valence-corrected chi connectivity index (χ1v) is 10.0. The molecular formula is C22H31N5O. The molecule has 1 amide bonds. The molecule has 3 rings (SSSR count). The second kappa shape index (κ2) is 10.2. The number of carbonyl (C=O) groups excluding carboxylic acids is 1. The number of hydrogen-bond donors (Lipinski definition) is 1. The summed E-state index contributed by atoms with van der Waals surface area (Å²) < 4.78 is 0. The Balaban J connectivity index is 1.49. The fraction of sp³-hybridized carbons (Fsp3) is 0.455. The Kier molecular flexibility index (Phi) is 7.39. The van der Waals surface area contributed by atoms with Crippen LogP contribution in [-0.2, 0) is 6.54 Å². The van der Waals surface area contributed by atoms with Gasteiger partial charge in [0, 0.05) is 51.2 Å². The van der Waals surface area contributed by atoms with E-state index in [1.54, 1.807) is 6.20 Å². The second-order valence-electron chi connectivity index (χ2n) is 7.56. The smallest absolute Gasteiger partial charge is 0.269 e. The predicted molar refractivity (Wildman–Crippen MR) is 114 cm³/mol.